The lowest BCUT2D eigenvalue weighted by Crippen LogP contribution is -2.49. The number of benzene rings is 2. The number of anilines is 2. The second-order valence-electron chi connectivity index (χ2n) is 10.2. The average molecular weight is 636 g/mol. The highest BCUT2D eigenvalue weighted by atomic mass is 35.5. The van der Waals surface area contributed by atoms with Crippen LogP contribution in [0.3, 0.4) is 0 Å². The van der Waals surface area contributed by atoms with E-state index >= 15 is 0 Å². The van der Waals surface area contributed by atoms with Crippen molar-refractivity contribution in [3.8, 4) is 16.9 Å². The molecule has 0 bridgehead atoms. The highest BCUT2D eigenvalue weighted by Crippen LogP contribution is 2.32. The molecule has 3 heterocycles. The van der Waals surface area contributed by atoms with Gasteiger partial charge in [0, 0.05) is 67.8 Å². The number of halogens is 2. The zero-order chi connectivity index (χ0) is 31.4. The second-order valence-corrected chi connectivity index (χ2v) is 11.1. The molecular formula is C31H28Cl2N6O5. The standard InChI is InChI=1S/C31H28Cl2N6O5/c1-37-11-12-38(18-27(37)41)13-14-39-10-2-3-23(31(39)44)19-4-6-20(7-5-19)29(42)36-28-24(15-22(33)16-25(28)40)30(43)35-26-9-8-21(32)17-34-26/h2-10,15-17,40H,11-14,18H2,1H3,(H,36,42)(H,34,35,43). The van der Waals surface area contributed by atoms with Crippen molar-refractivity contribution in [2.75, 3.05) is 43.9 Å². The van der Waals surface area contributed by atoms with E-state index in [1.54, 1.807) is 65.2 Å². The van der Waals surface area contributed by atoms with Gasteiger partial charge >= 0.3 is 0 Å². The number of pyridine rings is 2. The maximum Gasteiger partial charge on any atom is 0.259 e. The van der Waals surface area contributed by atoms with Gasteiger partial charge in [-0.2, -0.15) is 0 Å². The van der Waals surface area contributed by atoms with Crippen LogP contribution < -0.4 is 16.2 Å². The maximum absolute atomic E-state index is 13.2. The molecule has 3 N–H and O–H groups in total. The Balaban J connectivity index is 1.30. The number of aromatic hydroxyl groups is 1. The molecule has 0 saturated carbocycles. The lowest BCUT2D eigenvalue weighted by atomic mass is 10.0. The quantitative estimate of drug-likeness (QED) is 0.247. The van der Waals surface area contributed by atoms with Crippen LogP contribution in [0.2, 0.25) is 10.0 Å². The fourth-order valence-corrected chi connectivity index (χ4v) is 5.03. The van der Waals surface area contributed by atoms with Crippen molar-refractivity contribution >= 4 is 52.4 Å². The number of nitrogens with zero attached hydrogens (tertiary/aromatic N) is 4. The number of hydrogen-bond acceptors (Lipinski definition) is 7. The van der Waals surface area contributed by atoms with Crippen LogP contribution in [0.15, 0.2) is 77.9 Å². The number of phenolic OH excluding ortho intramolecular Hbond substituents is 1. The van der Waals surface area contributed by atoms with Gasteiger partial charge in [-0.25, -0.2) is 4.98 Å². The van der Waals surface area contributed by atoms with E-state index in [2.05, 4.69) is 15.6 Å². The Labute approximate surface area is 262 Å². The summed E-state index contributed by atoms with van der Waals surface area (Å²) in [6.07, 6.45) is 3.07. The number of hydrogen-bond donors (Lipinski definition) is 3. The Morgan fingerprint density at radius 1 is 0.932 bits per heavy atom. The second kappa shape index (κ2) is 13.3. The molecule has 1 fully saturated rings. The fraction of sp³-hybridized carbons (Fsp3) is 0.194. The van der Waals surface area contributed by atoms with E-state index in [0.717, 1.165) is 6.54 Å². The summed E-state index contributed by atoms with van der Waals surface area (Å²) < 4.78 is 1.61. The van der Waals surface area contributed by atoms with Crippen LogP contribution in [-0.4, -0.2) is 75.4 Å². The maximum atomic E-state index is 13.2. The number of carbonyl (C=O) groups excluding carboxylic acids is 3. The highest BCUT2D eigenvalue weighted by molar-refractivity contribution is 6.32. The van der Waals surface area contributed by atoms with Crippen LogP contribution in [0.25, 0.3) is 11.1 Å². The van der Waals surface area contributed by atoms with Crippen LogP contribution in [0.4, 0.5) is 11.5 Å². The molecule has 0 radical (unpaired) electrons. The predicted molar refractivity (Wildman–Crippen MR) is 168 cm³/mol. The van der Waals surface area contributed by atoms with Crippen molar-refractivity contribution < 1.29 is 19.5 Å². The first-order valence-corrected chi connectivity index (χ1v) is 14.4. The van der Waals surface area contributed by atoms with E-state index in [-0.39, 0.29) is 39.1 Å². The Hall–Kier alpha value is -4.71. The molecule has 4 aromatic rings. The van der Waals surface area contributed by atoms with E-state index in [1.807, 2.05) is 4.90 Å². The Morgan fingerprint density at radius 2 is 1.70 bits per heavy atom. The van der Waals surface area contributed by atoms with Crippen molar-refractivity contribution in [2.24, 2.45) is 0 Å². The zero-order valence-corrected chi connectivity index (χ0v) is 25.1. The summed E-state index contributed by atoms with van der Waals surface area (Å²) in [4.78, 5) is 59.1. The summed E-state index contributed by atoms with van der Waals surface area (Å²) in [5, 5.41) is 16.2. The van der Waals surface area contributed by atoms with Crippen molar-refractivity contribution in [3.63, 3.8) is 0 Å². The van der Waals surface area contributed by atoms with E-state index in [4.69, 9.17) is 23.2 Å². The molecule has 2 aromatic carbocycles. The van der Waals surface area contributed by atoms with Crippen molar-refractivity contribution in [1.29, 1.82) is 0 Å². The lowest BCUT2D eigenvalue weighted by molar-refractivity contribution is -0.134. The summed E-state index contributed by atoms with van der Waals surface area (Å²) in [6, 6.07) is 15.4. The summed E-state index contributed by atoms with van der Waals surface area (Å²) in [7, 11) is 1.78. The molecule has 44 heavy (non-hydrogen) atoms. The normalized spacial score (nSPS) is 13.5. The number of amides is 3. The van der Waals surface area contributed by atoms with Gasteiger partial charge in [0.05, 0.1) is 22.8 Å². The molecule has 1 aliphatic rings. The molecule has 13 heteroatoms. The first-order valence-electron chi connectivity index (χ1n) is 13.6. The van der Waals surface area contributed by atoms with Gasteiger partial charge in [0.15, 0.2) is 0 Å². The van der Waals surface area contributed by atoms with Gasteiger partial charge in [-0.05, 0) is 48.0 Å². The molecule has 3 amide bonds. The van der Waals surface area contributed by atoms with Crippen molar-refractivity contribution in [2.45, 2.75) is 6.54 Å². The number of likely N-dealkylation sites (N-methyl/N-ethyl adjacent to an activating group) is 1. The predicted octanol–water partition coefficient (Wildman–Crippen LogP) is 4.20. The fourth-order valence-electron chi connectivity index (χ4n) is 4.70. The molecule has 0 spiro atoms. The van der Waals surface area contributed by atoms with E-state index in [9.17, 15) is 24.3 Å². The number of phenols is 1. The van der Waals surface area contributed by atoms with Crippen LogP contribution in [0.5, 0.6) is 5.75 Å². The number of aromatic nitrogens is 2. The van der Waals surface area contributed by atoms with Crippen molar-refractivity contribution in [1.82, 2.24) is 19.4 Å². The topological polar surface area (TPSA) is 137 Å². The molecule has 11 nitrogen and oxygen atoms in total. The number of nitrogens with one attached hydrogen (secondary N) is 2. The van der Waals surface area contributed by atoms with Gasteiger partial charge in [-0.3, -0.25) is 24.1 Å². The minimum Gasteiger partial charge on any atom is -0.506 e. The third-order valence-corrected chi connectivity index (χ3v) is 7.65. The SMILES string of the molecule is CN1CCN(CCn2cccc(-c3ccc(C(=O)Nc4c(O)cc(Cl)cc4C(=O)Nc4ccc(Cl)cn4)cc3)c2=O)CC1=O. The van der Waals surface area contributed by atoms with E-state index in [0.29, 0.717) is 42.3 Å². The monoisotopic (exact) mass is 634 g/mol. The summed E-state index contributed by atoms with van der Waals surface area (Å²) in [5.41, 5.74) is 0.886. The molecule has 2 aromatic heterocycles. The summed E-state index contributed by atoms with van der Waals surface area (Å²) in [6.45, 7) is 2.73. The Bertz CT molecular complexity index is 1780. The minimum absolute atomic E-state index is 0.0578. The largest absolute Gasteiger partial charge is 0.506 e. The van der Waals surface area contributed by atoms with Gasteiger partial charge in [0.2, 0.25) is 5.91 Å². The average Bonchev–Trinajstić information content (AvgIpc) is 3.00. The molecule has 1 aliphatic heterocycles. The molecular weight excluding hydrogens is 607 g/mol. The molecule has 0 unspecified atom stereocenters. The van der Waals surface area contributed by atoms with Gasteiger partial charge in [-0.1, -0.05) is 35.3 Å². The Morgan fingerprint density at radius 3 is 2.41 bits per heavy atom. The molecule has 0 aliphatic carbocycles. The van der Waals surface area contributed by atoms with Crippen LogP contribution in [0.1, 0.15) is 20.7 Å². The van der Waals surface area contributed by atoms with E-state index < -0.39 is 17.6 Å². The van der Waals surface area contributed by atoms with Gasteiger partial charge in [0.1, 0.15) is 11.6 Å². The number of piperazine rings is 1. The lowest BCUT2D eigenvalue weighted by Gasteiger charge is -2.31. The van der Waals surface area contributed by atoms with Crippen LogP contribution in [0, 0.1) is 0 Å². The van der Waals surface area contributed by atoms with E-state index in [1.165, 1.54) is 24.4 Å². The molecule has 5 rings (SSSR count). The Kier molecular flexibility index (Phi) is 9.29. The summed E-state index contributed by atoms with van der Waals surface area (Å²) >= 11 is 11.9. The molecule has 0 atom stereocenters. The first-order chi connectivity index (χ1) is 21.1. The molecule has 1 saturated heterocycles. The van der Waals surface area contributed by atoms with Crippen molar-refractivity contribution in [3.05, 3.63) is 105 Å². The third kappa shape index (κ3) is 7.08. The van der Waals surface area contributed by atoms with Gasteiger partial charge in [0.25, 0.3) is 17.4 Å². The highest BCUT2D eigenvalue weighted by Gasteiger charge is 2.22. The smallest absolute Gasteiger partial charge is 0.259 e. The third-order valence-electron chi connectivity index (χ3n) is 7.21. The van der Waals surface area contributed by atoms with Gasteiger partial charge in [-0.15, -0.1) is 0 Å². The summed E-state index contributed by atoms with van der Waals surface area (Å²) in [5.74, 6) is -1.39. The zero-order valence-electron chi connectivity index (χ0n) is 23.6. The van der Waals surface area contributed by atoms with Crippen LogP contribution >= 0.6 is 23.2 Å². The van der Waals surface area contributed by atoms with Gasteiger partial charge < -0.3 is 25.2 Å². The first kappa shape index (κ1) is 30.7. The minimum atomic E-state index is -0.664. The number of carbonyl (C=O) groups is 3. The molecule has 226 valence electrons. The number of rotatable bonds is 8. The van der Waals surface area contributed by atoms with Crippen LogP contribution in [-0.2, 0) is 11.3 Å².